The summed E-state index contributed by atoms with van der Waals surface area (Å²) < 4.78 is 0. The minimum atomic E-state index is -0.0213. The summed E-state index contributed by atoms with van der Waals surface area (Å²) in [4.78, 5) is 16.7. The van der Waals surface area contributed by atoms with Crippen LogP contribution < -0.4 is 10.6 Å². The zero-order valence-electron chi connectivity index (χ0n) is 15.4. The largest absolute Gasteiger partial charge is 0.365 e. The molecular weight excluding hydrogens is 346 g/mol. The molecule has 0 aliphatic rings. The van der Waals surface area contributed by atoms with Crippen molar-refractivity contribution >= 4 is 28.2 Å². The molecule has 0 spiro atoms. The average molecular weight is 367 g/mol. The van der Waals surface area contributed by atoms with Gasteiger partial charge in [-0.3, -0.25) is 4.79 Å². The Morgan fingerprint density at radius 1 is 0.821 bits per heavy atom. The molecule has 1 heterocycles. The third kappa shape index (κ3) is 4.35. The minimum Gasteiger partial charge on any atom is -0.365 e. The van der Waals surface area contributed by atoms with Crippen LogP contribution in [0.1, 0.15) is 11.1 Å². The fraction of sp³-hybridized carbons (Fsp3) is 0.0833. The maximum absolute atomic E-state index is 12.3. The van der Waals surface area contributed by atoms with Crippen molar-refractivity contribution in [2.75, 3.05) is 10.6 Å². The number of fused-ring (bicyclic) bond motifs is 1. The molecule has 4 rings (SSSR count). The van der Waals surface area contributed by atoms with Crippen LogP contribution in [0.3, 0.4) is 0 Å². The Balaban J connectivity index is 1.41. The van der Waals surface area contributed by atoms with Crippen molar-refractivity contribution in [3.05, 3.63) is 102 Å². The molecule has 0 saturated carbocycles. The lowest BCUT2D eigenvalue weighted by atomic mass is 10.1. The van der Waals surface area contributed by atoms with Crippen LogP contribution in [0.25, 0.3) is 10.8 Å². The van der Waals surface area contributed by atoms with E-state index in [0.717, 1.165) is 33.4 Å². The maximum Gasteiger partial charge on any atom is 0.228 e. The molecule has 2 N–H and O–H groups in total. The molecule has 0 bridgehead atoms. The lowest BCUT2D eigenvalue weighted by Crippen LogP contribution is -2.14. The molecule has 4 nitrogen and oxygen atoms in total. The number of anilines is 2. The van der Waals surface area contributed by atoms with Gasteiger partial charge in [0.15, 0.2) is 0 Å². The first kappa shape index (κ1) is 17.7. The van der Waals surface area contributed by atoms with Crippen LogP contribution >= 0.6 is 0 Å². The SMILES string of the molecule is O=C(Cc1ccccc1)Nc1cccc(CNc2nccc3ccccc23)c1. The highest BCUT2D eigenvalue weighted by Gasteiger charge is 2.05. The van der Waals surface area contributed by atoms with Gasteiger partial charge in [0, 0.05) is 23.8 Å². The number of amides is 1. The lowest BCUT2D eigenvalue weighted by Gasteiger charge is -2.11. The number of pyridine rings is 1. The third-order valence-electron chi connectivity index (χ3n) is 4.55. The quantitative estimate of drug-likeness (QED) is 0.503. The van der Waals surface area contributed by atoms with E-state index < -0.39 is 0 Å². The molecule has 28 heavy (non-hydrogen) atoms. The van der Waals surface area contributed by atoms with Gasteiger partial charge in [-0.15, -0.1) is 0 Å². The number of benzene rings is 3. The molecule has 0 radical (unpaired) electrons. The number of nitrogens with zero attached hydrogens (tertiary/aromatic N) is 1. The number of aromatic nitrogens is 1. The number of carbonyl (C=O) groups excluding carboxylic acids is 1. The van der Waals surface area contributed by atoms with E-state index in [1.165, 1.54) is 0 Å². The van der Waals surface area contributed by atoms with E-state index in [-0.39, 0.29) is 5.91 Å². The molecule has 4 heteroatoms. The molecule has 0 unspecified atom stereocenters. The number of carbonyl (C=O) groups is 1. The van der Waals surface area contributed by atoms with Crippen LogP contribution in [-0.2, 0) is 17.8 Å². The molecule has 0 aliphatic carbocycles. The van der Waals surface area contributed by atoms with Gasteiger partial charge >= 0.3 is 0 Å². The molecule has 138 valence electrons. The van der Waals surface area contributed by atoms with E-state index in [0.29, 0.717) is 13.0 Å². The highest BCUT2D eigenvalue weighted by molar-refractivity contribution is 5.92. The van der Waals surface area contributed by atoms with Crippen molar-refractivity contribution < 1.29 is 4.79 Å². The molecule has 3 aromatic carbocycles. The van der Waals surface area contributed by atoms with Crippen molar-refractivity contribution in [2.45, 2.75) is 13.0 Å². The summed E-state index contributed by atoms with van der Waals surface area (Å²) in [6, 6.07) is 27.8. The predicted octanol–water partition coefficient (Wildman–Crippen LogP) is 5.03. The normalized spacial score (nSPS) is 10.6. The fourth-order valence-electron chi connectivity index (χ4n) is 3.19. The summed E-state index contributed by atoms with van der Waals surface area (Å²) >= 11 is 0. The van der Waals surface area contributed by atoms with E-state index in [1.54, 1.807) is 0 Å². The Morgan fingerprint density at radius 2 is 1.61 bits per heavy atom. The Kier molecular flexibility index (Phi) is 5.29. The van der Waals surface area contributed by atoms with Gasteiger partial charge in [0.25, 0.3) is 0 Å². The second-order valence-electron chi connectivity index (χ2n) is 6.65. The fourth-order valence-corrected chi connectivity index (χ4v) is 3.19. The standard InChI is InChI=1S/C24H21N3O/c28-23(16-18-7-2-1-3-8-18)27-21-11-6-9-19(15-21)17-26-24-22-12-5-4-10-20(22)13-14-25-24/h1-15H,16-17H2,(H,25,26)(H,27,28). The number of rotatable bonds is 6. The smallest absolute Gasteiger partial charge is 0.228 e. The van der Waals surface area contributed by atoms with Crippen molar-refractivity contribution in [1.29, 1.82) is 0 Å². The van der Waals surface area contributed by atoms with E-state index in [2.05, 4.69) is 27.8 Å². The molecule has 0 saturated heterocycles. The summed E-state index contributed by atoms with van der Waals surface area (Å²) in [5, 5.41) is 8.63. The van der Waals surface area contributed by atoms with Crippen molar-refractivity contribution in [3.63, 3.8) is 0 Å². The Hall–Kier alpha value is -3.66. The van der Waals surface area contributed by atoms with Gasteiger partial charge in [0.05, 0.1) is 6.42 Å². The number of hydrogen-bond donors (Lipinski definition) is 2. The molecule has 1 amide bonds. The van der Waals surface area contributed by atoms with Crippen molar-refractivity contribution in [3.8, 4) is 0 Å². The summed E-state index contributed by atoms with van der Waals surface area (Å²) in [6.07, 6.45) is 2.17. The second kappa shape index (κ2) is 8.35. The van der Waals surface area contributed by atoms with Gasteiger partial charge in [-0.1, -0.05) is 66.7 Å². The molecule has 1 aromatic heterocycles. The molecule has 0 fully saturated rings. The topological polar surface area (TPSA) is 54.0 Å². The highest BCUT2D eigenvalue weighted by Crippen LogP contribution is 2.21. The average Bonchev–Trinajstić information content (AvgIpc) is 2.73. The van der Waals surface area contributed by atoms with Gasteiger partial charge in [0.1, 0.15) is 5.82 Å². The number of nitrogens with one attached hydrogen (secondary N) is 2. The van der Waals surface area contributed by atoms with Crippen LogP contribution in [0.15, 0.2) is 91.1 Å². The van der Waals surface area contributed by atoms with Gasteiger partial charge in [-0.25, -0.2) is 4.98 Å². The zero-order chi connectivity index (χ0) is 19.2. The first-order chi connectivity index (χ1) is 13.8. The summed E-state index contributed by atoms with van der Waals surface area (Å²) in [5.74, 6) is 0.837. The van der Waals surface area contributed by atoms with Crippen LogP contribution in [0.4, 0.5) is 11.5 Å². The summed E-state index contributed by atoms with van der Waals surface area (Å²) in [5.41, 5.74) is 2.87. The van der Waals surface area contributed by atoms with Crippen LogP contribution in [-0.4, -0.2) is 10.9 Å². The molecule has 0 atom stereocenters. The minimum absolute atomic E-state index is 0.0213. The van der Waals surface area contributed by atoms with Gasteiger partial charge in [-0.05, 0) is 34.7 Å². The van der Waals surface area contributed by atoms with Gasteiger partial charge in [0.2, 0.25) is 5.91 Å². The molecule has 4 aromatic rings. The van der Waals surface area contributed by atoms with E-state index in [4.69, 9.17) is 0 Å². The van der Waals surface area contributed by atoms with E-state index >= 15 is 0 Å². The lowest BCUT2D eigenvalue weighted by molar-refractivity contribution is -0.115. The maximum atomic E-state index is 12.3. The first-order valence-corrected chi connectivity index (χ1v) is 9.28. The second-order valence-corrected chi connectivity index (χ2v) is 6.65. The van der Waals surface area contributed by atoms with Crippen molar-refractivity contribution in [2.24, 2.45) is 0 Å². The monoisotopic (exact) mass is 367 g/mol. The van der Waals surface area contributed by atoms with Gasteiger partial charge < -0.3 is 10.6 Å². The summed E-state index contributed by atoms with van der Waals surface area (Å²) in [6.45, 7) is 0.628. The van der Waals surface area contributed by atoms with Crippen LogP contribution in [0.5, 0.6) is 0 Å². The molecule has 0 aliphatic heterocycles. The Bertz CT molecular complexity index is 1090. The molecular formula is C24H21N3O. The first-order valence-electron chi connectivity index (χ1n) is 9.28. The van der Waals surface area contributed by atoms with Crippen molar-refractivity contribution in [1.82, 2.24) is 4.98 Å². The summed E-state index contributed by atoms with van der Waals surface area (Å²) in [7, 11) is 0. The zero-order valence-corrected chi connectivity index (χ0v) is 15.4. The highest BCUT2D eigenvalue weighted by atomic mass is 16.1. The van der Waals surface area contributed by atoms with E-state index in [9.17, 15) is 4.79 Å². The third-order valence-corrected chi connectivity index (χ3v) is 4.55. The Labute approximate surface area is 164 Å². The van der Waals surface area contributed by atoms with E-state index in [1.807, 2.05) is 79.0 Å². The van der Waals surface area contributed by atoms with Crippen LogP contribution in [0.2, 0.25) is 0 Å². The number of hydrogen-bond acceptors (Lipinski definition) is 3. The van der Waals surface area contributed by atoms with Crippen LogP contribution in [0, 0.1) is 0 Å². The predicted molar refractivity (Wildman–Crippen MR) is 114 cm³/mol. The Morgan fingerprint density at radius 3 is 2.50 bits per heavy atom. The van der Waals surface area contributed by atoms with Gasteiger partial charge in [-0.2, -0.15) is 0 Å².